The maximum absolute atomic E-state index is 12.1. The first-order chi connectivity index (χ1) is 11.3. The highest BCUT2D eigenvalue weighted by Crippen LogP contribution is 2.45. The quantitative estimate of drug-likeness (QED) is 0.678. The van der Waals surface area contributed by atoms with Gasteiger partial charge in [0.25, 0.3) is 0 Å². The van der Waals surface area contributed by atoms with E-state index in [1.165, 1.54) is 0 Å². The minimum Gasteiger partial charge on any atom is -0.444 e. The van der Waals surface area contributed by atoms with Crippen LogP contribution < -0.4 is 0 Å². The van der Waals surface area contributed by atoms with Gasteiger partial charge in [-0.15, -0.1) is 0 Å². The average molecular weight is 353 g/mol. The molecule has 1 spiro atoms. The topological polar surface area (TPSA) is 57.2 Å². The molecule has 0 saturated carbocycles. The van der Waals surface area contributed by atoms with Crippen molar-refractivity contribution in [1.29, 1.82) is 0 Å². The molecule has 1 unspecified atom stereocenters. The molecule has 0 aromatic carbocycles. The van der Waals surface area contributed by atoms with Gasteiger partial charge in [0.05, 0.1) is 24.3 Å². The van der Waals surface area contributed by atoms with E-state index in [1.807, 2.05) is 20.8 Å². The van der Waals surface area contributed by atoms with Gasteiger partial charge in [-0.1, -0.05) is 0 Å². The first-order valence-electron chi connectivity index (χ1n) is 9.30. The minimum atomic E-state index is -0.463. The van der Waals surface area contributed by atoms with E-state index in [-0.39, 0.29) is 35.8 Å². The van der Waals surface area contributed by atoms with Crippen LogP contribution in [0.15, 0.2) is 0 Å². The Kier molecular flexibility index (Phi) is 4.45. The standard InChI is InChI=1S/C18H32BNO5/c1-15(2,3)23-14(21)20-11-18(12-20)9-8-13(10-22-18)19-24-16(4,5)17(6,7)25-19/h13H,8-12H2,1-7H3. The molecule has 3 fully saturated rings. The van der Waals surface area contributed by atoms with Gasteiger partial charge in [-0.3, -0.25) is 0 Å². The van der Waals surface area contributed by atoms with E-state index >= 15 is 0 Å². The molecule has 0 aromatic rings. The van der Waals surface area contributed by atoms with Gasteiger partial charge >= 0.3 is 13.2 Å². The number of hydrogen-bond donors (Lipinski definition) is 0. The molecule has 7 heteroatoms. The largest absolute Gasteiger partial charge is 0.463 e. The van der Waals surface area contributed by atoms with Crippen molar-refractivity contribution in [1.82, 2.24) is 4.90 Å². The number of hydrogen-bond acceptors (Lipinski definition) is 5. The summed E-state index contributed by atoms with van der Waals surface area (Å²) in [4.78, 5) is 13.8. The van der Waals surface area contributed by atoms with Crippen molar-refractivity contribution in [3.8, 4) is 0 Å². The number of carbonyl (C=O) groups is 1. The molecule has 3 rings (SSSR count). The second-order valence-corrected chi connectivity index (χ2v) is 9.75. The lowest BCUT2D eigenvalue weighted by Gasteiger charge is -2.52. The summed E-state index contributed by atoms with van der Waals surface area (Å²) in [6.45, 7) is 15.8. The van der Waals surface area contributed by atoms with Crippen LogP contribution in [0, 0.1) is 0 Å². The summed E-state index contributed by atoms with van der Waals surface area (Å²) >= 11 is 0. The molecular weight excluding hydrogens is 321 g/mol. The highest BCUT2D eigenvalue weighted by molar-refractivity contribution is 6.47. The predicted molar refractivity (Wildman–Crippen MR) is 95.6 cm³/mol. The molecule has 1 amide bonds. The van der Waals surface area contributed by atoms with E-state index in [0.717, 1.165) is 12.8 Å². The van der Waals surface area contributed by atoms with Crippen molar-refractivity contribution in [2.75, 3.05) is 19.7 Å². The fourth-order valence-electron chi connectivity index (χ4n) is 3.54. The van der Waals surface area contributed by atoms with Crippen molar-refractivity contribution in [3.63, 3.8) is 0 Å². The van der Waals surface area contributed by atoms with Crippen molar-refractivity contribution < 1.29 is 23.6 Å². The number of ether oxygens (including phenoxy) is 2. The van der Waals surface area contributed by atoms with Gasteiger partial charge in [0.1, 0.15) is 11.2 Å². The zero-order valence-corrected chi connectivity index (χ0v) is 16.7. The Morgan fingerprint density at radius 1 is 1.12 bits per heavy atom. The summed E-state index contributed by atoms with van der Waals surface area (Å²) < 4.78 is 23.9. The molecule has 0 N–H and O–H groups in total. The third kappa shape index (κ3) is 3.69. The van der Waals surface area contributed by atoms with E-state index < -0.39 is 5.60 Å². The molecule has 3 aliphatic heterocycles. The maximum Gasteiger partial charge on any atom is 0.463 e. The Morgan fingerprint density at radius 3 is 2.12 bits per heavy atom. The Bertz CT molecular complexity index is 510. The molecule has 142 valence electrons. The molecule has 0 radical (unpaired) electrons. The smallest absolute Gasteiger partial charge is 0.444 e. The number of likely N-dealkylation sites (tertiary alicyclic amines) is 1. The highest BCUT2D eigenvalue weighted by atomic mass is 16.7. The van der Waals surface area contributed by atoms with Crippen LogP contribution in [0.25, 0.3) is 0 Å². The first-order valence-corrected chi connectivity index (χ1v) is 9.30. The van der Waals surface area contributed by atoms with E-state index in [1.54, 1.807) is 4.90 Å². The number of nitrogens with zero attached hydrogens (tertiary/aromatic N) is 1. The maximum atomic E-state index is 12.1. The molecule has 3 aliphatic rings. The van der Waals surface area contributed by atoms with Crippen LogP contribution in [-0.2, 0) is 18.8 Å². The fourth-order valence-corrected chi connectivity index (χ4v) is 3.54. The first kappa shape index (κ1) is 19.0. The Balaban J connectivity index is 1.49. The summed E-state index contributed by atoms with van der Waals surface area (Å²) in [7, 11) is -0.218. The zero-order valence-electron chi connectivity index (χ0n) is 16.7. The van der Waals surface area contributed by atoms with Gasteiger partial charge in [0.15, 0.2) is 0 Å². The molecular formula is C18H32BNO5. The van der Waals surface area contributed by atoms with Crippen LogP contribution in [0.4, 0.5) is 4.79 Å². The highest BCUT2D eigenvalue weighted by Gasteiger charge is 2.57. The van der Waals surface area contributed by atoms with Crippen LogP contribution in [0.1, 0.15) is 61.3 Å². The lowest BCUT2D eigenvalue weighted by molar-refractivity contribution is -0.162. The van der Waals surface area contributed by atoms with E-state index in [0.29, 0.717) is 19.7 Å². The third-order valence-corrected chi connectivity index (χ3v) is 5.84. The summed E-state index contributed by atoms with van der Waals surface area (Å²) in [6, 6.07) is 0. The number of amides is 1. The van der Waals surface area contributed by atoms with E-state index in [2.05, 4.69) is 27.7 Å². The summed E-state index contributed by atoms with van der Waals surface area (Å²) in [5.41, 5.74) is -1.29. The lowest BCUT2D eigenvalue weighted by atomic mass is 9.66. The van der Waals surface area contributed by atoms with Gasteiger partial charge in [0, 0.05) is 12.4 Å². The van der Waals surface area contributed by atoms with Crippen LogP contribution in [0.5, 0.6) is 0 Å². The van der Waals surface area contributed by atoms with Crippen LogP contribution in [-0.4, -0.2) is 60.2 Å². The molecule has 0 bridgehead atoms. The summed E-state index contributed by atoms with van der Waals surface area (Å²) in [5.74, 6) is 0.238. The zero-order chi connectivity index (χ0) is 18.7. The van der Waals surface area contributed by atoms with Gasteiger partial charge in [-0.25, -0.2) is 4.79 Å². The molecule has 6 nitrogen and oxygen atoms in total. The van der Waals surface area contributed by atoms with Crippen LogP contribution >= 0.6 is 0 Å². The molecule has 0 aromatic heterocycles. The Labute approximate surface area is 151 Å². The summed E-state index contributed by atoms with van der Waals surface area (Å²) in [6.07, 6.45) is 1.65. The second-order valence-electron chi connectivity index (χ2n) is 9.75. The lowest BCUT2D eigenvalue weighted by Crippen LogP contribution is -2.66. The van der Waals surface area contributed by atoms with Crippen molar-refractivity contribution in [3.05, 3.63) is 0 Å². The van der Waals surface area contributed by atoms with Gasteiger partial charge in [-0.05, 0) is 61.3 Å². The molecule has 25 heavy (non-hydrogen) atoms. The van der Waals surface area contributed by atoms with Gasteiger partial charge in [0.2, 0.25) is 0 Å². The fraction of sp³-hybridized carbons (Fsp3) is 0.944. The van der Waals surface area contributed by atoms with Gasteiger partial charge in [-0.2, -0.15) is 0 Å². The SMILES string of the molecule is CC(C)(C)OC(=O)N1CC2(CCC(B3OC(C)(C)C(C)(C)O3)CO2)C1. The predicted octanol–water partition coefficient (Wildman–Crippen LogP) is 3.25. The Hall–Kier alpha value is -0.785. The monoisotopic (exact) mass is 353 g/mol. The van der Waals surface area contributed by atoms with Crippen molar-refractivity contribution >= 4 is 13.2 Å². The average Bonchev–Trinajstić information content (AvgIpc) is 2.63. The molecule has 3 heterocycles. The summed E-state index contributed by atoms with van der Waals surface area (Å²) in [5, 5.41) is 0. The minimum absolute atomic E-state index is 0.211. The molecule has 0 aliphatic carbocycles. The normalized spacial score (nSPS) is 30.3. The number of carbonyl (C=O) groups excluding carboxylic acids is 1. The van der Waals surface area contributed by atoms with Crippen LogP contribution in [0.3, 0.4) is 0 Å². The van der Waals surface area contributed by atoms with Crippen molar-refractivity contribution in [2.24, 2.45) is 0 Å². The second kappa shape index (κ2) is 5.86. The van der Waals surface area contributed by atoms with Gasteiger partial charge < -0.3 is 23.7 Å². The molecule has 3 saturated heterocycles. The Morgan fingerprint density at radius 2 is 1.68 bits per heavy atom. The number of rotatable bonds is 1. The van der Waals surface area contributed by atoms with E-state index in [4.69, 9.17) is 18.8 Å². The third-order valence-electron chi connectivity index (χ3n) is 5.84. The van der Waals surface area contributed by atoms with Crippen molar-refractivity contribution in [2.45, 2.75) is 89.5 Å². The van der Waals surface area contributed by atoms with Crippen LogP contribution in [0.2, 0.25) is 5.82 Å². The van der Waals surface area contributed by atoms with E-state index in [9.17, 15) is 4.79 Å². The molecule has 1 atom stereocenters.